The third kappa shape index (κ3) is 4.07. The number of hydrogen-bond acceptors (Lipinski definition) is 4. The number of aryl methyl sites for hydroxylation is 1. The molecule has 33 heavy (non-hydrogen) atoms. The van der Waals surface area contributed by atoms with Crippen LogP contribution in [-0.4, -0.2) is 38.8 Å². The molecule has 1 saturated heterocycles. The van der Waals surface area contributed by atoms with Gasteiger partial charge in [-0.1, -0.05) is 30.3 Å². The van der Waals surface area contributed by atoms with E-state index in [0.29, 0.717) is 11.4 Å². The van der Waals surface area contributed by atoms with Gasteiger partial charge in [-0.2, -0.15) is 0 Å². The zero-order chi connectivity index (χ0) is 23.8. The van der Waals surface area contributed by atoms with Crippen LogP contribution in [-0.2, 0) is 22.2 Å². The molecule has 0 spiro atoms. The van der Waals surface area contributed by atoms with E-state index in [2.05, 4.69) is 15.6 Å². The maximum absolute atomic E-state index is 14.5. The first-order valence-corrected chi connectivity index (χ1v) is 10.1. The van der Waals surface area contributed by atoms with Crippen molar-refractivity contribution in [3.05, 3.63) is 89.5 Å². The molecule has 0 saturated carbocycles. The molecule has 3 aromatic rings. The van der Waals surface area contributed by atoms with Crippen molar-refractivity contribution in [1.82, 2.24) is 25.1 Å². The fraction of sp³-hybridized carbons (Fsp3) is 0.217. The summed E-state index contributed by atoms with van der Waals surface area (Å²) in [4.78, 5) is 43.4. The summed E-state index contributed by atoms with van der Waals surface area (Å²) in [5.74, 6) is -1.98. The van der Waals surface area contributed by atoms with E-state index in [1.165, 1.54) is 55.6 Å². The molecule has 10 heteroatoms. The molecule has 1 aliphatic heterocycles. The van der Waals surface area contributed by atoms with Gasteiger partial charge in [0, 0.05) is 25.0 Å². The SMILES string of the molecule is Cn1ccnc1C(NC(=O)CN1C(=O)NC(C)(c2ccc(F)cc2)C1=O)c1ccccc1F. The van der Waals surface area contributed by atoms with E-state index in [1.807, 2.05) is 0 Å². The molecule has 0 bridgehead atoms. The number of imide groups is 1. The van der Waals surface area contributed by atoms with Crippen molar-refractivity contribution in [2.45, 2.75) is 18.5 Å². The van der Waals surface area contributed by atoms with Crippen LogP contribution in [0, 0.1) is 11.6 Å². The maximum atomic E-state index is 14.5. The lowest BCUT2D eigenvalue weighted by atomic mass is 9.92. The Morgan fingerprint density at radius 2 is 1.85 bits per heavy atom. The Hall–Kier alpha value is -4.08. The first-order chi connectivity index (χ1) is 15.7. The number of rotatable bonds is 6. The average molecular weight is 453 g/mol. The lowest BCUT2D eigenvalue weighted by molar-refractivity contribution is -0.135. The first-order valence-electron chi connectivity index (χ1n) is 10.1. The summed E-state index contributed by atoms with van der Waals surface area (Å²) in [5, 5.41) is 5.23. The largest absolute Gasteiger partial charge is 0.340 e. The zero-order valence-electron chi connectivity index (χ0n) is 17.9. The van der Waals surface area contributed by atoms with E-state index < -0.39 is 47.6 Å². The summed E-state index contributed by atoms with van der Waals surface area (Å²) in [6.45, 7) is 0.894. The number of urea groups is 1. The van der Waals surface area contributed by atoms with Crippen molar-refractivity contribution in [3.63, 3.8) is 0 Å². The number of amides is 4. The van der Waals surface area contributed by atoms with E-state index in [1.54, 1.807) is 23.9 Å². The van der Waals surface area contributed by atoms with Gasteiger partial charge in [0.05, 0.1) is 0 Å². The second-order valence-corrected chi connectivity index (χ2v) is 7.87. The molecule has 2 atom stereocenters. The molecule has 8 nitrogen and oxygen atoms in total. The molecule has 1 aromatic heterocycles. The number of imidazole rings is 1. The monoisotopic (exact) mass is 453 g/mol. The Labute approximate surface area is 188 Å². The minimum Gasteiger partial charge on any atom is -0.340 e. The zero-order valence-corrected chi connectivity index (χ0v) is 17.9. The highest BCUT2D eigenvalue weighted by molar-refractivity contribution is 6.09. The minimum atomic E-state index is -1.45. The Morgan fingerprint density at radius 1 is 1.15 bits per heavy atom. The lowest BCUT2D eigenvalue weighted by Gasteiger charge is -2.23. The van der Waals surface area contributed by atoms with Gasteiger partial charge in [-0.15, -0.1) is 0 Å². The summed E-state index contributed by atoms with van der Waals surface area (Å²) in [6, 6.07) is 9.40. The van der Waals surface area contributed by atoms with Crippen LogP contribution in [0.1, 0.15) is 29.9 Å². The molecular formula is C23H21F2N5O3. The number of nitrogens with one attached hydrogen (secondary N) is 2. The number of aromatic nitrogens is 2. The van der Waals surface area contributed by atoms with E-state index in [9.17, 15) is 23.2 Å². The topological polar surface area (TPSA) is 96.3 Å². The lowest BCUT2D eigenvalue weighted by Crippen LogP contribution is -2.44. The second-order valence-electron chi connectivity index (χ2n) is 7.87. The Morgan fingerprint density at radius 3 is 2.48 bits per heavy atom. The van der Waals surface area contributed by atoms with Gasteiger partial charge < -0.3 is 15.2 Å². The summed E-state index contributed by atoms with van der Waals surface area (Å²) in [6.07, 6.45) is 3.17. The van der Waals surface area contributed by atoms with E-state index in [0.717, 1.165) is 4.90 Å². The molecule has 1 fully saturated rings. The summed E-state index contributed by atoms with van der Waals surface area (Å²) in [5.41, 5.74) is -0.883. The molecule has 4 rings (SSSR count). The molecule has 2 heterocycles. The average Bonchev–Trinajstić information content (AvgIpc) is 3.30. The van der Waals surface area contributed by atoms with Gasteiger partial charge in [0.15, 0.2) is 0 Å². The summed E-state index contributed by atoms with van der Waals surface area (Å²) < 4.78 is 29.4. The van der Waals surface area contributed by atoms with Gasteiger partial charge in [-0.25, -0.2) is 18.6 Å². The molecule has 2 aromatic carbocycles. The van der Waals surface area contributed by atoms with E-state index in [-0.39, 0.29) is 5.56 Å². The molecule has 2 unspecified atom stereocenters. The number of benzene rings is 2. The number of nitrogens with zero attached hydrogens (tertiary/aromatic N) is 3. The smallest absolute Gasteiger partial charge is 0.325 e. The van der Waals surface area contributed by atoms with Gasteiger partial charge in [-0.05, 0) is 30.7 Å². The Bertz CT molecular complexity index is 1230. The van der Waals surface area contributed by atoms with Crippen LogP contribution >= 0.6 is 0 Å². The predicted molar refractivity (Wildman–Crippen MR) is 114 cm³/mol. The number of carbonyl (C=O) groups is 3. The molecule has 170 valence electrons. The quantitative estimate of drug-likeness (QED) is 0.560. The third-order valence-corrected chi connectivity index (χ3v) is 5.64. The molecule has 1 aliphatic rings. The minimum absolute atomic E-state index is 0.188. The van der Waals surface area contributed by atoms with Crippen LogP contribution in [0.15, 0.2) is 60.9 Å². The molecule has 4 amide bonds. The van der Waals surface area contributed by atoms with Crippen molar-refractivity contribution in [1.29, 1.82) is 0 Å². The standard InChI is InChI=1S/C23H21F2N5O3/c1-23(14-7-9-15(24)10-8-14)21(32)30(22(33)28-23)13-18(31)27-19(20-26-11-12-29(20)2)16-5-3-4-6-17(16)25/h3-12,19H,13H2,1-2H3,(H,27,31)(H,28,33). The first kappa shape index (κ1) is 22.1. The van der Waals surface area contributed by atoms with Gasteiger partial charge in [0.2, 0.25) is 5.91 Å². The number of hydrogen-bond donors (Lipinski definition) is 2. The molecular weight excluding hydrogens is 432 g/mol. The molecule has 2 N–H and O–H groups in total. The maximum Gasteiger partial charge on any atom is 0.325 e. The summed E-state index contributed by atoms with van der Waals surface area (Å²) >= 11 is 0. The van der Waals surface area contributed by atoms with E-state index in [4.69, 9.17) is 0 Å². The van der Waals surface area contributed by atoms with Gasteiger partial charge >= 0.3 is 6.03 Å². The van der Waals surface area contributed by atoms with Crippen molar-refractivity contribution < 1.29 is 23.2 Å². The van der Waals surface area contributed by atoms with Gasteiger partial charge in [0.1, 0.15) is 35.6 Å². The van der Waals surface area contributed by atoms with Crippen LogP contribution in [0.3, 0.4) is 0 Å². The normalized spacial score (nSPS) is 18.8. The van der Waals surface area contributed by atoms with Crippen LogP contribution in [0.5, 0.6) is 0 Å². The van der Waals surface area contributed by atoms with Crippen molar-refractivity contribution in [2.75, 3.05) is 6.54 Å². The second kappa shape index (κ2) is 8.45. The van der Waals surface area contributed by atoms with Crippen molar-refractivity contribution in [2.24, 2.45) is 7.05 Å². The fourth-order valence-electron chi connectivity index (χ4n) is 3.82. The van der Waals surface area contributed by atoms with Crippen molar-refractivity contribution in [3.8, 4) is 0 Å². The highest BCUT2D eigenvalue weighted by Gasteiger charge is 2.49. The van der Waals surface area contributed by atoms with E-state index >= 15 is 0 Å². The Balaban J connectivity index is 1.56. The van der Waals surface area contributed by atoms with Gasteiger partial charge in [0.25, 0.3) is 5.91 Å². The predicted octanol–water partition coefficient (Wildman–Crippen LogP) is 2.37. The fourth-order valence-corrected chi connectivity index (χ4v) is 3.82. The van der Waals surface area contributed by atoms with Gasteiger partial charge in [-0.3, -0.25) is 14.5 Å². The van der Waals surface area contributed by atoms with Crippen LogP contribution < -0.4 is 10.6 Å². The van der Waals surface area contributed by atoms with Crippen LogP contribution in [0.4, 0.5) is 13.6 Å². The Kier molecular flexibility index (Phi) is 5.67. The van der Waals surface area contributed by atoms with Crippen LogP contribution in [0.25, 0.3) is 0 Å². The highest BCUT2D eigenvalue weighted by atomic mass is 19.1. The third-order valence-electron chi connectivity index (χ3n) is 5.64. The summed E-state index contributed by atoms with van der Waals surface area (Å²) in [7, 11) is 1.70. The van der Waals surface area contributed by atoms with Crippen LogP contribution in [0.2, 0.25) is 0 Å². The number of carbonyl (C=O) groups excluding carboxylic acids is 3. The molecule has 0 aliphatic carbocycles. The molecule has 0 radical (unpaired) electrons. The van der Waals surface area contributed by atoms with Crippen molar-refractivity contribution >= 4 is 17.8 Å². The number of halogens is 2. The highest BCUT2D eigenvalue weighted by Crippen LogP contribution is 2.29.